The molecule has 1 aromatic rings. The number of aliphatic hydroxyl groups is 2. The first-order valence-corrected chi connectivity index (χ1v) is 7.41. The molecule has 3 rings (SSSR count). The molecule has 6 heteroatoms. The van der Waals surface area contributed by atoms with Crippen LogP contribution in [0.25, 0.3) is 0 Å². The monoisotopic (exact) mass is 282 g/mol. The Morgan fingerprint density at radius 3 is 2.74 bits per heavy atom. The van der Waals surface area contributed by atoms with E-state index in [0.29, 0.717) is 17.3 Å². The van der Waals surface area contributed by atoms with Crippen LogP contribution >= 0.6 is 11.3 Å². The van der Waals surface area contributed by atoms with Gasteiger partial charge in [0.1, 0.15) is 0 Å². The minimum atomic E-state index is -1.46. The first-order chi connectivity index (χ1) is 9.06. The molecule has 19 heavy (non-hydrogen) atoms. The van der Waals surface area contributed by atoms with Crippen LogP contribution in [0.15, 0.2) is 6.07 Å². The van der Waals surface area contributed by atoms with E-state index in [4.69, 9.17) is 0 Å². The molecular formula is C13H18N2O3S. The maximum atomic E-state index is 12.3. The molecule has 0 aromatic carbocycles. The lowest BCUT2D eigenvalue weighted by Gasteiger charge is -2.17. The summed E-state index contributed by atoms with van der Waals surface area (Å²) in [5, 5.41) is 19.3. The second kappa shape index (κ2) is 4.77. The Balaban J connectivity index is 1.75. The molecule has 0 radical (unpaired) electrons. The van der Waals surface area contributed by atoms with E-state index in [1.54, 1.807) is 4.90 Å². The first kappa shape index (κ1) is 12.9. The van der Waals surface area contributed by atoms with E-state index in [0.717, 1.165) is 23.7 Å². The first-order valence-electron chi connectivity index (χ1n) is 6.59. The molecule has 5 nitrogen and oxygen atoms in total. The van der Waals surface area contributed by atoms with Crippen LogP contribution in [-0.4, -0.2) is 40.8 Å². The summed E-state index contributed by atoms with van der Waals surface area (Å²) in [5.41, 5.74) is 0.823. The van der Waals surface area contributed by atoms with Crippen LogP contribution in [0.4, 0.5) is 9.80 Å². The predicted molar refractivity (Wildman–Crippen MR) is 73.3 cm³/mol. The van der Waals surface area contributed by atoms with Gasteiger partial charge >= 0.3 is 6.03 Å². The van der Waals surface area contributed by atoms with Gasteiger partial charge in [0.25, 0.3) is 0 Å². The summed E-state index contributed by atoms with van der Waals surface area (Å²) in [7, 11) is 0. The Kier molecular flexibility index (Phi) is 3.24. The van der Waals surface area contributed by atoms with Crippen LogP contribution in [0.3, 0.4) is 0 Å². The molecule has 1 saturated heterocycles. The van der Waals surface area contributed by atoms with Crippen LogP contribution in [0, 0.1) is 12.8 Å². The molecule has 2 heterocycles. The van der Waals surface area contributed by atoms with Crippen LogP contribution in [0.2, 0.25) is 0 Å². The number of amides is 2. The minimum Gasteiger partial charge on any atom is -0.364 e. The Labute approximate surface area is 116 Å². The van der Waals surface area contributed by atoms with E-state index in [2.05, 4.69) is 0 Å². The zero-order chi connectivity index (χ0) is 13.6. The summed E-state index contributed by atoms with van der Waals surface area (Å²) in [5.74, 6) is 0.698. The number of urea groups is 1. The van der Waals surface area contributed by atoms with Gasteiger partial charge in [-0.3, -0.25) is 4.90 Å². The van der Waals surface area contributed by atoms with Crippen LogP contribution in [-0.2, 0) is 0 Å². The van der Waals surface area contributed by atoms with Crippen LogP contribution in [0.1, 0.15) is 29.6 Å². The number of carbonyl (C=O) groups is 1. The zero-order valence-electron chi connectivity index (χ0n) is 10.9. The number of hydrogen-bond acceptors (Lipinski definition) is 4. The van der Waals surface area contributed by atoms with E-state index in [9.17, 15) is 15.0 Å². The molecule has 2 aliphatic rings. The molecule has 1 aliphatic carbocycles. The van der Waals surface area contributed by atoms with Crippen molar-refractivity contribution in [2.45, 2.75) is 26.1 Å². The fourth-order valence-electron chi connectivity index (χ4n) is 2.44. The number of aryl methyl sites for hydroxylation is 1. The Morgan fingerprint density at radius 2 is 2.16 bits per heavy atom. The number of nitrogens with zero attached hydrogens (tertiary/aromatic N) is 2. The van der Waals surface area contributed by atoms with Crippen LogP contribution < -0.4 is 4.90 Å². The summed E-state index contributed by atoms with van der Waals surface area (Å²) >= 11 is 1.28. The minimum absolute atomic E-state index is 0.0483. The van der Waals surface area contributed by atoms with E-state index in [-0.39, 0.29) is 6.03 Å². The number of carbonyl (C=O) groups excluding carboxylic acids is 1. The van der Waals surface area contributed by atoms with E-state index in [1.165, 1.54) is 24.2 Å². The van der Waals surface area contributed by atoms with Crippen molar-refractivity contribution >= 4 is 22.4 Å². The largest absolute Gasteiger partial charge is 0.364 e. The van der Waals surface area contributed by atoms with Gasteiger partial charge in [-0.25, -0.2) is 4.79 Å². The topological polar surface area (TPSA) is 64.0 Å². The van der Waals surface area contributed by atoms with Gasteiger partial charge in [-0.05, 0) is 37.3 Å². The lowest BCUT2D eigenvalue weighted by atomic mass is 10.3. The summed E-state index contributed by atoms with van der Waals surface area (Å²) in [6.07, 6.45) is 1.02. The van der Waals surface area contributed by atoms with E-state index < -0.39 is 6.29 Å². The molecule has 0 unspecified atom stereocenters. The van der Waals surface area contributed by atoms with Gasteiger partial charge in [-0.15, -0.1) is 11.3 Å². The predicted octanol–water partition coefficient (Wildman–Crippen LogP) is 1.69. The second-order valence-electron chi connectivity index (χ2n) is 5.33. The quantitative estimate of drug-likeness (QED) is 0.826. The number of anilines is 1. The van der Waals surface area contributed by atoms with Gasteiger partial charge in [0.05, 0.1) is 9.88 Å². The molecule has 2 fully saturated rings. The van der Waals surface area contributed by atoms with E-state index in [1.807, 2.05) is 17.9 Å². The maximum Gasteiger partial charge on any atom is 0.325 e. The third-order valence-electron chi connectivity index (χ3n) is 3.71. The summed E-state index contributed by atoms with van der Waals surface area (Å²) in [6.45, 7) is 4.15. The lowest BCUT2D eigenvalue weighted by Crippen LogP contribution is -2.32. The van der Waals surface area contributed by atoms with Crippen molar-refractivity contribution in [1.82, 2.24) is 4.90 Å². The number of rotatable bonds is 4. The summed E-state index contributed by atoms with van der Waals surface area (Å²) < 4.78 is 0. The number of hydrogen-bond donors (Lipinski definition) is 2. The molecule has 2 N–H and O–H groups in total. The Morgan fingerprint density at radius 1 is 1.42 bits per heavy atom. The molecule has 0 spiro atoms. The van der Waals surface area contributed by atoms with Crippen molar-refractivity contribution in [2.24, 2.45) is 5.92 Å². The normalized spacial score (nSPS) is 19.9. The van der Waals surface area contributed by atoms with Gasteiger partial charge in [0.2, 0.25) is 0 Å². The summed E-state index contributed by atoms with van der Waals surface area (Å²) in [6, 6.07) is 1.91. The molecule has 1 aromatic heterocycles. The number of thiophene rings is 1. The third kappa shape index (κ3) is 2.48. The SMILES string of the molecule is Cc1cc(N2CCN(CC3CC3)C2=O)sc1C(O)O. The van der Waals surface area contributed by atoms with Crippen molar-refractivity contribution < 1.29 is 15.0 Å². The Hall–Kier alpha value is -1.11. The lowest BCUT2D eigenvalue weighted by molar-refractivity contribution is -0.0399. The Bertz CT molecular complexity index is 496. The highest BCUT2D eigenvalue weighted by molar-refractivity contribution is 7.16. The molecule has 1 aliphatic heterocycles. The average molecular weight is 282 g/mol. The molecule has 104 valence electrons. The highest BCUT2D eigenvalue weighted by Crippen LogP contribution is 2.36. The van der Waals surface area contributed by atoms with Crippen molar-refractivity contribution in [3.63, 3.8) is 0 Å². The second-order valence-corrected chi connectivity index (χ2v) is 6.39. The van der Waals surface area contributed by atoms with Gasteiger partial charge in [-0.1, -0.05) is 0 Å². The summed E-state index contributed by atoms with van der Waals surface area (Å²) in [4.78, 5) is 16.5. The van der Waals surface area contributed by atoms with Gasteiger partial charge in [0, 0.05) is 19.6 Å². The third-order valence-corrected chi connectivity index (χ3v) is 5.01. The highest BCUT2D eigenvalue weighted by atomic mass is 32.1. The van der Waals surface area contributed by atoms with Crippen LogP contribution in [0.5, 0.6) is 0 Å². The van der Waals surface area contributed by atoms with Gasteiger partial charge in [0.15, 0.2) is 6.29 Å². The van der Waals surface area contributed by atoms with E-state index >= 15 is 0 Å². The fraction of sp³-hybridized carbons (Fsp3) is 0.615. The average Bonchev–Trinajstić information content (AvgIpc) is 2.98. The molecular weight excluding hydrogens is 264 g/mol. The zero-order valence-corrected chi connectivity index (χ0v) is 11.7. The van der Waals surface area contributed by atoms with Crippen molar-refractivity contribution in [1.29, 1.82) is 0 Å². The highest BCUT2D eigenvalue weighted by Gasteiger charge is 2.34. The fourth-order valence-corrected chi connectivity index (χ4v) is 3.50. The maximum absolute atomic E-state index is 12.3. The molecule has 1 saturated carbocycles. The van der Waals surface area contributed by atoms with Crippen molar-refractivity contribution in [2.75, 3.05) is 24.5 Å². The molecule has 2 amide bonds. The molecule has 0 atom stereocenters. The number of aliphatic hydroxyl groups excluding tert-OH is 1. The standard InChI is InChI=1S/C13H18N2O3S/c1-8-6-10(19-11(8)12(16)17)15-5-4-14(13(15)18)7-9-2-3-9/h6,9,12,16-17H,2-5,7H2,1H3. The van der Waals surface area contributed by atoms with Crippen molar-refractivity contribution in [3.05, 3.63) is 16.5 Å². The van der Waals surface area contributed by atoms with Gasteiger partial charge < -0.3 is 15.1 Å². The van der Waals surface area contributed by atoms with Gasteiger partial charge in [-0.2, -0.15) is 0 Å². The smallest absolute Gasteiger partial charge is 0.325 e. The van der Waals surface area contributed by atoms with Crippen molar-refractivity contribution in [3.8, 4) is 0 Å². The molecule has 0 bridgehead atoms.